The van der Waals surface area contributed by atoms with Crippen LogP contribution in [0.1, 0.15) is 11.1 Å². The number of aromatic amines is 1. The molecule has 0 aliphatic rings. The fourth-order valence-corrected chi connectivity index (χ4v) is 3.08. The van der Waals surface area contributed by atoms with Crippen molar-refractivity contribution in [3.8, 4) is 0 Å². The van der Waals surface area contributed by atoms with Gasteiger partial charge in [0.1, 0.15) is 0 Å². The third-order valence-corrected chi connectivity index (χ3v) is 4.26. The van der Waals surface area contributed by atoms with Crippen molar-refractivity contribution in [2.24, 2.45) is 0 Å². The lowest BCUT2D eigenvalue weighted by atomic mass is 10.1. The summed E-state index contributed by atoms with van der Waals surface area (Å²) >= 11 is 1.72. The number of H-pyrrole nitrogens is 1. The van der Waals surface area contributed by atoms with Gasteiger partial charge in [0.25, 0.3) is 0 Å². The van der Waals surface area contributed by atoms with Crippen molar-refractivity contribution in [2.45, 2.75) is 23.5 Å². The summed E-state index contributed by atoms with van der Waals surface area (Å²) in [4.78, 5) is 4.63. The molecule has 0 aliphatic heterocycles. The van der Waals surface area contributed by atoms with Crippen LogP contribution < -0.4 is 0 Å². The van der Waals surface area contributed by atoms with E-state index in [0.29, 0.717) is 0 Å². The van der Waals surface area contributed by atoms with Gasteiger partial charge in [0.05, 0.1) is 11.6 Å². The third-order valence-electron chi connectivity index (χ3n) is 3.15. The zero-order valence-corrected chi connectivity index (χ0v) is 11.5. The van der Waals surface area contributed by atoms with Gasteiger partial charge in [0, 0.05) is 15.8 Å². The van der Waals surface area contributed by atoms with Crippen molar-refractivity contribution in [3.63, 3.8) is 0 Å². The van der Waals surface area contributed by atoms with E-state index in [-0.39, 0.29) is 6.61 Å². The van der Waals surface area contributed by atoms with Crippen molar-refractivity contribution in [1.82, 2.24) is 4.98 Å². The fraction of sp³-hybridized carbons (Fsp3) is 0.125. The van der Waals surface area contributed by atoms with Crippen LogP contribution in [0, 0.1) is 6.92 Å². The quantitative estimate of drug-likeness (QED) is 0.750. The zero-order valence-electron chi connectivity index (χ0n) is 10.7. The minimum Gasteiger partial charge on any atom is -0.392 e. The van der Waals surface area contributed by atoms with Crippen LogP contribution in [0.25, 0.3) is 10.9 Å². The first-order valence-corrected chi connectivity index (χ1v) is 7.04. The van der Waals surface area contributed by atoms with Crippen LogP contribution in [0.2, 0.25) is 0 Å². The Balaban J connectivity index is 1.92. The molecule has 1 aromatic heterocycles. The number of hydrogen-bond donors (Lipinski definition) is 2. The molecule has 3 heteroatoms. The van der Waals surface area contributed by atoms with Gasteiger partial charge in [-0.25, -0.2) is 0 Å². The first kappa shape index (κ1) is 12.3. The number of rotatable bonds is 3. The van der Waals surface area contributed by atoms with Crippen LogP contribution in [-0.4, -0.2) is 10.1 Å². The van der Waals surface area contributed by atoms with Crippen LogP contribution >= 0.6 is 11.8 Å². The Bertz CT molecular complexity index is 685. The predicted octanol–water partition coefficient (Wildman–Crippen LogP) is 4.12. The van der Waals surface area contributed by atoms with Crippen LogP contribution in [-0.2, 0) is 6.61 Å². The molecule has 2 N–H and O–H groups in total. The number of aryl methyl sites for hydroxylation is 1. The summed E-state index contributed by atoms with van der Waals surface area (Å²) in [7, 11) is 0. The molecule has 0 amide bonds. The highest BCUT2D eigenvalue weighted by Crippen LogP contribution is 2.32. The van der Waals surface area contributed by atoms with Crippen LogP contribution in [0.3, 0.4) is 0 Å². The molecule has 2 nitrogen and oxygen atoms in total. The van der Waals surface area contributed by atoms with Gasteiger partial charge in [0.2, 0.25) is 0 Å². The topological polar surface area (TPSA) is 36.0 Å². The van der Waals surface area contributed by atoms with E-state index in [1.165, 1.54) is 15.8 Å². The molecule has 96 valence electrons. The molecule has 0 aliphatic carbocycles. The summed E-state index contributed by atoms with van der Waals surface area (Å²) in [5, 5.41) is 11.5. The molecule has 1 heterocycles. The van der Waals surface area contributed by atoms with E-state index in [9.17, 15) is 0 Å². The molecule has 0 unspecified atom stereocenters. The second-order valence-corrected chi connectivity index (χ2v) is 5.66. The molecule has 0 radical (unpaired) electrons. The highest BCUT2D eigenvalue weighted by molar-refractivity contribution is 7.99. The van der Waals surface area contributed by atoms with Gasteiger partial charge in [0.15, 0.2) is 0 Å². The Morgan fingerprint density at radius 2 is 1.95 bits per heavy atom. The van der Waals surface area contributed by atoms with E-state index in [0.717, 1.165) is 16.1 Å². The molecular formula is C16H15NOS. The maximum Gasteiger partial charge on any atom is 0.0780 e. The summed E-state index contributed by atoms with van der Waals surface area (Å²) in [6, 6.07) is 16.5. The van der Waals surface area contributed by atoms with Gasteiger partial charge in [-0.15, -0.1) is 0 Å². The predicted molar refractivity (Wildman–Crippen MR) is 79.5 cm³/mol. The van der Waals surface area contributed by atoms with Crippen molar-refractivity contribution in [3.05, 3.63) is 59.7 Å². The third kappa shape index (κ3) is 2.53. The normalized spacial score (nSPS) is 11.1. The Morgan fingerprint density at radius 1 is 1.11 bits per heavy atom. The number of hydrogen-bond acceptors (Lipinski definition) is 2. The second kappa shape index (κ2) is 5.11. The van der Waals surface area contributed by atoms with Crippen LogP contribution in [0.5, 0.6) is 0 Å². The minimum atomic E-state index is 0.0954. The largest absolute Gasteiger partial charge is 0.392 e. The van der Waals surface area contributed by atoms with Gasteiger partial charge < -0.3 is 10.1 Å². The molecule has 3 rings (SSSR count). The molecule has 0 saturated carbocycles. The molecule has 2 aromatic carbocycles. The zero-order chi connectivity index (χ0) is 13.2. The number of fused-ring (bicyclic) bond motifs is 1. The first-order chi connectivity index (χ1) is 9.26. The number of aliphatic hydroxyl groups excluding tert-OH is 1. The summed E-state index contributed by atoms with van der Waals surface area (Å²) in [5.41, 5.74) is 3.31. The number of aliphatic hydroxyl groups is 1. The maximum atomic E-state index is 9.12. The molecule has 19 heavy (non-hydrogen) atoms. The summed E-state index contributed by atoms with van der Waals surface area (Å²) < 4.78 is 0. The summed E-state index contributed by atoms with van der Waals surface area (Å²) in [6.07, 6.45) is 0. The van der Waals surface area contributed by atoms with E-state index in [1.807, 2.05) is 24.3 Å². The van der Waals surface area contributed by atoms with Gasteiger partial charge in [-0.2, -0.15) is 0 Å². The fourth-order valence-electron chi connectivity index (χ4n) is 2.14. The van der Waals surface area contributed by atoms with Gasteiger partial charge in [-0.05, 0) is 36.2 Å². The van der Waals surface area contributed by atoms with Crippen molar-refractivity contribution < 1.29 is 5.11 Å². The minimum absolute atomic E-state index is 0.0954. The van der Waals surface area contributed by atoms with E-state index in [4.69, 9.17) is 5.11 Å². The summed E-state index contributed by atoms with van der Waals surface area (Å²) in [6.45, 7) is 2.17. The van der Waals surface area contributed by atoms with Crippen LogP contribution in [0.4, 0.5) is 0 Å². The van der Waals surface area contributed by atoms with E-state index >= 15 is 0 Å². The van der Waals surface area contributed by atoms with Gasteiger partial charge in [-0.3, -0.25) is 0 Å². The highest BCUT2D eigenvalue weighted by atomic mass is 32.2. The average molecular weight is 269 g/mol. The van der Waals surface area contributed by atoms with Crippen LogP contribution in [0.15, 0.2) is 58.5 Å². The average Bonchev–Trinajstić information content (AvgIpc) is 2.83. The SMILES string of the molecule is Cc1cc(CO)ccc1Sc1cc2ccccc2[nH]1. The van der Waals surface area contributed by atoms with Crippen molar-refractivity contribution in [1.29, 1.82) is 0 Å². The number of benzene rings is 2. The Morgan fingerprint density at radius 3 is 2.68 bits per heavy atom. The smallest absolute Gasteiger partial charge is 0.0780 e. The molecular weight excluding hydrogens is 254 g/mol. The number of aromatic nitrogens is 1. The lowest BCUT2D eigenvalue weighted by Crippen LogP contribution is -1.86. The second-order valence-electron chi connectivity index (χ2n) is 4.58. The molecule has 0 atom stereocenters. The maximum absolute atomic E-state index is 9.12. The number of para-hydroxylation sites is 1. The van der Waals surface area contributed by atoms with Crippen molar-refractivity contribution >= 4 is 22.7 Å². The Labute approximate surface area is 116 Å². The number of nitrogens with one attached hydrogen (secondary N) is 1. The molecule has 3 aromatic rings. The van der Waals surface area contributed by atoms with E-state index < -0.39 is 0 Å². The lowest BCUT2D eigenvalue weighted by molar-refractivity contribution is 0.281. The Kier molecular flexibility index (Phi) is 3.32. The standard InChI is InChI=1S/C16H15NOS/c1-11-8-12(10-18)6-7-15(11)19-16-9-13-4-2-3-5-14(13)17-16/h2-9,17-18H,10H2,1H3. The van der Waals surface area contributed by atoms with E-state index in [1.54, 1.807) is 11.8 Å². The molecule has 0 bridgehead atoms. The van der Waals surface area contributed by atoms with Gasteiger partial charge >= 0.3 is 0 Å². The lowest BCUT2D eigenvalue weighted by Gasteiger charge is -2.05. The summed E-state index contributed by atoms with van der Waals surface area (Å²) in [5.74, 6) is 0. The molecule has 0 fully saturated rings. The first-order valence-electron chi connectivity index (χ1n) is 6.22. The Hall–Kier alpha value is -1.71. The monoisotopic (exact) mass is 269 g/mol. The van der Waals surface area contributed by atoms with Gasteiger partial charge in [-0.1, -0.05) is 42.1 Å². The highest BCUT2D eigenvalue weighted by Gasteiger charge is 2.05. The van der Waals surface area contributed by atoms with E-state index in [2.05, 4.69) is 36.2 Å². The molecule has 0 spiro atoms. The molecule has 0 saturated heterocycles. The van der Waals surface area contributed by atoms with Crippen molar-refractivity contribution in [2.75, 3.05) is 0 Å².